The van der Waals surface area contributed by atoms with Gasteiger partial charge in [0.15, 0.2) is 6.10 Å². The molecule has 0 aliphatic heterocycles. The van der Waals surface area contributed by atoms with Crippen molar-refractivity contribution < 1.29 is 19.1 Å². The second-order valence-electron chi connectivity index (χ2n) is 7.03. The van der Waals surface area contributed by atoms with Crippen LogP contribution in [0.15, 0.2) is 36.4 Å². The molecule has 148 valence electrons. The van der Waals surface area contributed by atoms with E-state index in [0.29, 0.717) is 17.5 Å². The van der Waals surface area contributed by atoms with Gasteiger partial charge in [0.1, 0.15) is 5.75 Å². The van der Waals surface area contributed by atoms with E-state index in [4.69, 9.17) is 9.47 Å². The monoisotopic (exact) mass is 382 g/mol. The van der Waals surface area contributed by atoms with Crippen LogP contribution in [0.25, 0.3) is 6.08 Å². The lowest BCUT2D eigenvalue weighted by Crippen LogP contribution is -2.29. The first-order chi connectivity index (χ1) is 13.4. The number of aryl methyl sites for hydroxylation is 1. The number of methoxy groups -OCH3 is 1. The molecule has 6 nitrogen and oxygen atoms in total. The molecule has 1 saturated carbocycles. The molecule has 1 aromatic carbocycles. The number of aromatic nitrogens is 1. The molecule has 1 amide bonds. The highest BCUT2D eigenvalue weighted by Gasteiger charge is 2.26. The average molecular weight is 382 g/mol. The predicted molar refractivity (Wildman–Crippen MR) is 108 cm³/mol. The van der Waals surface area contributed by atoms with E-state index in [1.165, 1.54) is 38.6 Å². The van der Waals surface area contributed by atoms with E-state index >= 15 is 0 Å². The SMILES string of the molecule is COc1ccccc1NC(=O)[C@H](C)OC(=O)/C=C/c1cc(C)n(C2CC2)c1C. The van der Waals surface area contributed by atoms with Gasteiger partial charge >= 0.3 is 5.97 Å². The van der Waals surface area contributed by atoms with Gasteiger partial charge in [-0.3, -0.25) is 4.79 Å². The summed E-state index contributed by atoms with van der Waals surface area (Å²) in [5, 5.41) is 2.71. The lowest BCUT2D eigenvalue weighted by molar-refractivity contribution is -0.148. The van der Waals surface area contributed by atoms with Gasteiger partial charge in [0.05, 0.1) is 12.8 Å². The van der Waals surface area contributed by atoms with Crippen LogP contribution < -0.4 is 10.1 Å². The largest absolute Gasteiger partial charge is 0.495 e. The fourth-order valence-electron chi connectivity index (χ4n) is 3.27. The number of ether oxygens (including phenoxy) is 2. The minimum Gasteiger partial charge on any atom is -0.495 e. The van der Waals surface area contributed by atoms with Crippen LogP contribution in [0.5, 0.6) is 5.75 Å². The van der Waals surface area contributed by atoms with Crippen molar-refractivity contribution in [2.24, 2.45) is 0 Å². The van der Waals surface area contributed by atoms with E-state index in [0.717, 1.165) is 11.3 Å². The fraction of sp³-hybridized carbons (Fsp3) is 0.364. The molecule has 28 heavy (non-hydrogen) atoms. The fourth-order valence-corrected chi connectivity index (χ4v) is 3.27. The van der Waals surface area contributed by atoms with Gasteiger partial charge in [-0.05, 0) is 63.5 Å². The molecule has 1 atom stereocenters. The first-order valence-electron chi connectivity index (χ1n) is 9.41. The van der Waals surface area contributed by atoms with Crippen molar-refractivity contribution in [3.8, 4) is 5.75 Å². The lowest BCUT2D eigenvalue weighted by Gasteiger charge is -2.14. The van der Waals surface area contributed by atoms with Crippen molar-refractivity contribution in [3.63, 3.8) is 0 Å². The van der Waals surface area contributed by atoms with Crippen molar-refractivity contribution >= 4 is 23.6 Å². The van der Waals surface area contributed by atoms with Crippen LogP contribution in [0.2, 0.25) is 0 Å². The molecule has 2 aromatic rings. The Kier molecular flexibility index (Phi) is 5.87. The van der Waals surface area contributed by atoms with Crippen LogP contribution in [-0.2, 0) is 14.3 Å². The zero-order valence-corrected chi connectivity index (χ0v) is 16.7. The van der Waals surface area contributed by atoms with Gasteiger partial charge in [0.2, 0.25) is 0 Å². The summed E-state index contributed by atoms with van der Waals surface area (Å²) in [6, 6.07) is 9.72. The molecule has 0 unspecified atom stereocenters. The van der Waals surface area contributed by atoms with E-state index in [9.17, 15) is 9.59 Å². The summed E-state index contributed by atoms with van der Waals surface area (Å²) in [4.78, 5) is 24.4. The number of carbonyl (C=O) groups excluding carboxylic acids is 2. The van der Waals surface area contributed by atoms with Gasteiger partial charge in [0.25, 0.3) is 5.91 Å². The third-order valence-corrected chi connectivity index (χ3v) is 4.86. The average Bonchev–Trinajstić information content (AvgIpc) is 3.46. The maximum absolute atomic E-state index is 12.3. The Morgan fingerprint density at radius 1 is 1.25 bits per heavy atom. The summed E-state index contributed by atoms with van der Waals surface area (Å²) in [7, 11) is 1.53. The summed E-state index contributed by atoms with van der Waals surface area (Å²) in [5.74, 6) is -0.433. The molecule has 1 heterocycles. The van der Waals surface area contributed by atoms with E-state index < -0.39 is 18.0 Å². The smallest absolute Gasteiger partial charge is 0.331 e. The number of para-hydroxylation sites is 2. The van der Waals surface area contributed by atoms with Crippen LogP contribution >= 0.6 is 0 Å². The summed E-state index contributed by atoms with van der Waals surface area (Å²) in [5.41, 5.74) is 3.86. The maximum atomic E-state index is 12.3. The molecule has 1 aliphatic carbocycles. The quantitative estimate of drug-likeness (QED) is 0.580. The number of nitrogens with zero attached hydrogens (tertiary/aromatic N) is 1. The molecule has 1 aromatic heterocycles. The molecule has 1 N–H and O–H groups in total. The van der Waals surface area contributed by atoms with Crippen molar-refractivity contribution in [2.75, 3.05) is 12.4 Å². The number of hydrogen-bond acceptors (Lipinski definition) is 4. The first-order valence-corrected chi connectivity index (χ1v) is 9.41. The maximum Gasteiger partial charge on any atom is 0.331 e. The molecule has 1 fully saturated rings. The Hall–Kier alpha value is -3.02. The Morgan fingerprint density at radius 3 is 2.64 bits per heavy atom. The molecule has 1 aliphatic rings. The van der Waals surface area contributed by atoms with Crippen LogP contribution in [0, 0.1) is 13.8 Å². The highest BCUT2D eigenvalue weighted by atomic mass is 16.5. The Balaban J connectivity index is 1.59. The number of anilines is 1. The topological polar surface area (TPSA) is 69.6 Å². The lowest BCUT2D eigenvalue weighted by atomic mass is 10.2. The van der Waals surface area contributed by atoms with Gasteiger partial charge < -0.3 is 19.4 Å². The summed E-state index contributed by atoms with van der Waals surface area (Å²) >= 11 is 0. The van der Waals surface area contributed by atoms with Gasteiger partial charge in [-0.1, -0.05) is 12.1 Å². The van der Waals surface area contributed by atoms with E-state index in [-0.39, 0.29) is 0 Å². The second-order valence-corrected chi connectivity index (χ2v) is 7.03. The molecule has 0 bridgehead atoms. The minimum absolute atomic E-state index is 0.418. The summed E-state index contributed by atoms with van der Waals surface area (Å²) in [6.07, 6.45) is 4.60. The summed E-state index contributed by atoms with van der Waals surface area (Å²) < 4.78 is 12.7. The minimum atomic E-state index is -0.930. The number of esters is 1. The van der Waals surface area contributed by atoms with Gasteiger partial charge in [-0.15, -0.1) is 0 Å². The molecule has 6 heteroatoms. The van der Waals surface area contributed by atoms with Crippen LogP contribution in [0.1, 0.15) is 42.8 Å². The van der Waals surface area contributed by atoms with Crippen molar-refractivity contribution in [1.29, 1.82) is 0 Å². The molecular formula is C22H26N2O4. The van der Waals surface area contributed by atoms with Gasteiger partial charge in [0, 0.05) is 23.5 Å². The van der Waals surface area contributed by atoms with Crippen molar-refractivity contribution in [2.45, 2.75) is 45.8 Å². The number of hydrogen-bond donors (Lipinski definition) is 1. The molecule has 0 saturated heterocycles. The molecular weight excluding hydrogens is 356 g/mol. The van der Waals surface area contributed by atoms with Crippen LogP contribution in [0.4, 0.5) is 5.69 Å². The zero-order valence-electron chi connectivity index (χ0n) is 16.7. The van der Waals surface area contributed by atoms with Gasteiger partial charge in [-0.2, -0.15) is 0 Å². The Labute approximate surface area is 165 Å². The third kappa shape index (κ3) is 4.44. The highest BCUT2D eigenvalue weighted by molar-refractivity contribution is 5.97. The molecule has 3 rings (SSSR count). The third-order valence-electron chi connectivity index (χ3n) is 4.86. The number of amides is 1. The number of carbonyl (C=O) groups is 2. The summed E-state index contributed by atoms with van der Waals surface area (Å²) in [6.45, 7) is 5.67. The second kappa shape index (κ2) is 8.33. The van der Waals surface area contributed by atoms with E-state index in [2.05, 4.69) is 29.8 Å². The van der Waals surface area contributed by atoms with E-state index in [1.54, 1.807) is 24.3 Å². The van der Waals surface area contributed by atoms with Crippen LogP contribution in [0.3, 0.4) is 0 Å². The van der Waals surface area contributed by atoms with Crippen molar-refractivity contribution in [3.05, 3.63) is 53.4 Å². The number of nitrogens with one attached hydrogen (secondary N) is 1. The highest BCUT2D eigenvalue weighted by Crippen LogP contribution is 2.38. The van der Waals surface area contributed by atoms with E-state index in [1.807, 2.05) is 6.07 Å². The predicted octanol–water partition coefficient (Wildman–Crippen LogP) is 4.03. The first kappa shape index (κ1) is 19.7. The zero-order chi connectivity index (χ0) is 20.3. The Bertz CT molecular complexity index is 909. The number of rotatable bonds is 7. The van der Waals surface area contributed by atoms with Gasteiger partial charge in [-0.25, -0.2) is 4.79 Å². The Morgan fingerprint density at radius 2 is 1.96 bits per heavy atom. The molecule has 0 spiro atoms. The number of benzene rings is 1. The normalized spacial score (nSPS) is 14.7. The molecule has 0 radical (unpaired) electrons. The van der Waals surface area contributed by atoms with Crippen molar-refractivity contribution in [1.82, 2.24) is 4.57 Å². The standard InChI is InChI=1S/C22H26N2O4/c1-14-13-17(15(2)24(14)18-10-11-18)9-12-21(25)28-16(3)22(26)23-19-7-5-6-8-20(19)27-4/h5-9,12-13,16,18H,10-11H2,1-4H3,(H,23,26)/b12-9+/t16-/m0/s1. The van der Waals surface area contributed by atoms with Crippen LogP contribution in [-0.4, -0.2) is 29.7 Å².